The van der Waals surface area contributed by atoms with Gasteiger partial charge in [-0.05, 0) is 5.82 Å². The van der Waals surface area contributed by atoms with Crippen molar-refractivity contribution in [3.8, 4) is 11.6 Å². The number of nitrogens with one attached hydrogen (secondary N) is 1. The Kier molecular flexibility index (Phi) is 1.04. The summed E-state index contributed by atoms with van der Waals surface area (Å²) in [6, 6.07) is 0. The van der Waals surface area contributed by atoms with Gasteiger partial charge in [0.25, 0.3) is 0 Å². The number of hydrogen-bond acceptors (Lipinski definition) is 2. The second-order valence-corrected chi connectivity index (χ2v) is 1.82. The van der Waals surface area contributed by atoms with E-state index in [0.717, 1.165) is 0 Å². The highest BCUT2D eigenvalue weighted by Crippen LogP contribution is 2.03. The summed E-state index contributed by atoms with van der Waals surface area (Å²) in [7, 11) is 0. The Bertz CT molecular complexity index is 249. The molecular weight excluding hydrogens is 128 g/mol. The van der Waals surface area contributed by atoms with Crippen LogP contribution < -0.4 is 4.98 Å². The largest absolute Gasteiger partial charge is 0.440 e. The smallest absolute Gasteiger partial charge is 0.128 e. The first kappa shape index (κ1) is 5.22. The Hall–Kier alpha value is -1.58. The van der Waals surface area contributed by atoms with Gasteiger partial charge in [-0.2, -0.15) is 0 Å². The van der Waals surface area contributed by atoms with Gasteiger partial charge in [-0.3, -0.25) is 0 Å². The summed E-state index contributed by atoms with van der Waals surface area (Å²) in [5, 5.41) is 0. The first-order valence-corrected chi connectivity index (χ1v) is 2.90. The summed E-state index contributed by atoms with van der Waals surface area (Å²) in [6.07, 6.45) is 6.69. The third-order valence-electron chi connectivity index (χ3n) is 1.17. The molecule has 4 nitrogen and oxygen atoms in total. The van der Waals surface area contributed by atoms with Crippen LogP contribution in [0, 0.1) is 0 Å². The minimum atomic E-state index is 0.644. The molecule has 2 aromatic rings. The molecule has 0 bridgehead atoms. The van der Waals surface area contributed by atoms with Gasteiger partial charge in [-0.1, -0.05) is 12.4 Å². The van der Waals surface area contributed by atoms with Crippen molar-refractivity contribution >= 4 is 0 Å². The lowest BCUT2D eigenvalue weighted by Gasteiger charge is -1.95. The van der Waals surface area contributed by atoms with E-state index >= 15 is 0 Å². The monoisotopic (exact) mass is 133 g/mol. The van der Waals surface area contributed by atoms with E-state index in [-0.39, 0.29) is 0 Å². The number of aromatic nitrogens is 4. The van der Waals surface area contributed by atoms with Crippen molar-refractivity contribution in [2.24, 2.45) is 0 Å². The van der Waals surface area contributed by atoms with Crippen molar-refractivity contribution in [2.75, 3.05) is 0 Å². The lowest BCUT2D eigenvalue weighted by molar-refractivity contribution is 1.19. The van der Waals surface area contributed by atoms with Crippen LogP contribution in [0.1, 0.15) is 0 Å². The number of rotatable bonds is 1. The number of nitrogens with zero attached hydrogens (tertiary/aromatic N) is 3. The highest BCUT2D eigenvalue weighted by molar-refractivity contribution is 5.41. The van der Waals surface area contributed by atoms with Gasteiger partial charge in [-0.25, -0.2) is 4.98 Å². The van der Waals surface area contributed by atoms with E-state index in [0.29, 0.717) is 11.6 Å². The molecule has 0 fully saturated rings. The lowest BCUT2D eigenvalue weighted by Crippen LogP contribution is -1.82. The van der Waals surface area contributed by atoms with Crippen LogP contribution in [-0.2, 0) is 0 Å². The molecule has 4 heteroatoms. The molecule has 0 amide bonds. The zero-order chi connectivity index (χ0) is 6.81. The molecule has 50 valence electrons. The summed E-state index contributed by atoms with van der Waals surface area (Å²) in [4.78, 5) is 14.8. The van der Waals surface area contributed by atoms with Gasteiger partial charge in [0.05, 0.1) is 0 Å². The second kappa shape index (κ2) is 1.98. The van der Waals surface area contributed by atoms with Crippen LogP contribution in [0.5, 0.6) is 0 Å². The molecule has 0 atom stereocenters. The predicted molar refractivity (Wildman–Crippen MR) is 35.1 cm³/mol. The summed E-state index contributed by atoms with van der Waals surface area (Å²) in [6.45, 7) is 0. The quantitative estimate of drug-likeness (QED) is 0.613. The third-order valence-corrected chi connectivity index (χ3v) is 1.17. The van der Waals surface area contributed by atoms with E-state index in [1.54, 1.807) is 24.8 Å². The maximum atomic E-state index is 3.98. The van der Waals surface area contributed by atoms with E-state index < -0.39 is 0 Å². The maximum Gasteiger partial charge on any atom is 0.128 e. The van der Waals surface area contributed by atoms with Gasteiger partial charge < -0.3 is 15.0 Å². The molecule has 0 saturated carbocycles. The molecule has 0 aromatic carbocycles. The fourth-order valence-electron chi connectivity index (χ4n) is 0.751. The molecule has 0 saturated heterocycles. The topological polar surface area (TPSA) is 55.7 Å². The Morgan fingerprint density at radius 3 is 2.90 bits per heavy atom. The van der Waals surface area contributed by atoms with Crippen LogP contribution >= 0.6 is 0 Å². The normalized spacial score (nSPS) is 10.0. The summed E-state index contributed by atoms with van der Waals surface area (Å²) < 4.78 is 0. The van der Waals surface area contributed by atoms with Crippen molar-refractivity contribution < 1.29 is 0 Å². The Balaban J connectivity index is 2.48. The van der Waals surface area contributed by atoms with E-state index in [9.17, 15) is 0 Å². The van der Waals surface area contributed by atoms with E-state index in [1.807, 2.05) is 0 Å². The van der Waals surface area contributed by atoms with Gasteiger partial charge in [0, 0.05) is 12.4 Å². The van der Waals surface area contributed by atoms with E-state index in [4.69, 9.17) is 0 Å². The van der Waals surface area contributed by atoms with Crippen LogP contribution in [-0.4, -0.2) is 15.0 Å². The maximum absolute atomic E-state index is 3.98. The van der Waals surface area contributed by atoms with Crippen molar-refractivity contribution in [1.29, 1.82) is 0 Å². The van der Waals surface area contributed by atoms with Crippen LogP contribution in [0.3, 0.4) is 0 Å². The summed E-state index contributed by atoms with van der Waals surface area (Å²) >= 11 is 0. The number of H-pyrrole nitrogens is 1. The average molecular weight is 133 g/mol. The molecule has 2 aromatic heterocycles. The number of hydrogen-bond donors (Lipinski definition) is 1. The summed E-state index contributed by atoms with van der Waals surface area (Å²) in [5.74, 6) is 1.36. The van der Waals surface area contributed by atoms with E-state index in [2.05, 4.69) is 19.9 Å². The van der Waals surface area contributed by atoms with Crippen molar-refractivity contribution in [1.82, 2.24) is 19.9 Å². The second-order valence-electron chi connectivity index (χ2n) is 1.82. The minimum Gasteiger partial charge on any atom is -0.440 e. The van der Waals surface area contributed by atoms with Crippen LogP contribution in [0.25, 0.3) is 11.6 Å². The lowest BCUT2D eigenvalue weighted by atomic mass is 10.6. The standard InChI is InChI=1S/C6H5N4/c1-2-8-5(7-1)6-9-3-4-10-6/h1-4H,(H-,7,8,9,10)/q-1. The first-order chi connectivity index (χ1) is 4.97. The van der Waals surface area contributed by atoms with Crippen molar-refractivity contribution in [3.05, 3.63) is 24.8 Å². The molecule has 10 heavy (non-hydrogen) atoms. The Morgan fingerprint density at radius 1 is 1.30 bits per heavy atom. The van der Waals surface area contributed by atoms with Crippen molar-refractivity contribution in [2.45, 2.75) is 0 Å². The molecular formula is C6H5N4-. The Labute approximate surface area is 57.3 Å². The van der Waals surface area contributed by atoms with Gasteiger partial charge in [0.2, 0.25) is 0 Å². The minimum absolute atomic E-state index is 0.644. The van der Waals surface area contributed by atoms with E-state index in [1.165, 1.54) is 0 Å². The summed E-state index contributed by atoms with van der Waals surface area (Å²) in [5.41, 5.74) is 0. The molecule has 0 spiro atoms. The van der Waals surface area contributed by atoms with Crippen LogP contribution in [0.4, 0.5) is 0 Å². The van der Waals surface area contributed by atoms with Crippen LogP contribution in [0.2, 0.25) is 0 Å². The van der Waals surface area contributed by atoms with Gasteiger partial charge in [-0.15, -0.1) is 0 Å². The first-order valence-electron chi connectivity index (χ1n) is 2.90. The Morgan fingerprint density at radius 2 is 2.30 bits per heavy atom. The highest BCUT2D eigenvalue weighted by Gasteiger charge is 1.89. The number of imidazole rings is 2. The number of aromatic amines is 1. The fraction of sp³-hybridized carbons (Fsp3) is 0. The zero-order valence-corrected chi connectivity index (χ0v) is 5.15. The molecule has 0 aliphatic carbocycles. The molecule has 0 aliphatic rings. The molecule has 0 unspecified atom stereocenters. The molecule has 1 N–H and O–H groups in total. The van der Waals surface area contributed by atoms with Gasteiger partial charge >= 0.3 is 0 Å². The van der Waals surface area contributed by atoms with Gasteiger partial charge in [0.15, 0.2) is 0 Å². The molecule has 2 heterocycles. The average Bonchev–Trinajstić information content (AvgIpc) is 2.59. The van der Waals surface area contributed by atoms with Crippen LogP contribution in [0.15, 0.2) is 24.8 Å². The van der Waals surface area contributed by atoms with Gasteiger partial charge in [0.1, 0.15) is 5.82 Å². The third kappa shape index (κ3) is 0.699. The molecule has 2 rings (SSSR count). The SMILES string of the molecule is c1c[n-]c(-c2ncc[nH]2)n1. The van der Waals surface area contributed by atoms with Crippen molar-refractivity contribution in [3.63, 3.8) is 0 Å². The zero-order valence-electron chi connectivity index (χ0n) is 5.15. The predicted octanol–water partition coefficient (Wildman–Crippen LogP) is 0.429. The molecule has 0 aliphatic heterocycles. The highest BCUT2D eigenvalue weighted by atomic mass is 15.0. The molecule has 0 radical (unpaired) electrons. The fourth-order valence-corrected chi connectivity index (χ4v) is 0.751.